The number of ketones is 1. The van der Waals surface area contributed by atoms with E-state index >= 15 is 0 Å². The lowest BCUT2D eigenvalue weighted by molar-refractivity contribution is 0.0692. The summed E-state index contributed by atoms with van der Waals surface area (Å²) in [5.41, 5.74) is -0.0952. The summed E-state index contributed by atoms with van der Waals surface area (Å²) in [6.45, 7) is 0. The quantitative estimate of drug-likeness (QED) is 0.166. The molecule has 200 valence electrons. The van der Waals surface area contributed by atoms with Gasteiger partial charge in [0.25, 0.3) is 5.91 Å². The molecule has 1 fully saturated rings. The van der Waals surface area contributed by atoms with Gasteiger partial charge in [0.05, 0.1) is 16.5 Å². The van der Waals surface area contributed by atoms with E-state index in [1.165, 1.54) is 60.7 Å². The van der Waals surface area contributed by atoms with Gasteiger partial charge >= 0.3 is 5.97 Å². The molecule has 5 rings (SSSR count). The second-order valence-corrected chi connectivity index (χ2v) is 9.70. The van der Waals surface area contributed by atoms with Crippen molar-refractivity contribution in [3.63, 3.8) is 0 Å². The number of aromatic carboxylic acids is 1. The normalized spacial score (nSPS) is 17.4. The van der Waals surface area contributed by atoms with Crippen molar-refractivity contribution in [2.24, 2.45) is 0 Å². The standard InChI is InChI=1S/C30H27NO8/c32-17-12-10-16(11-13-17)29(36)31-21-9-3-1-2-8-20(21)28-27(35)25-23(39-28)15-14-22(33)24(25)26(34)18-6-4-5-7-19(18)30(37)38/h4-7,10-15,20-21,32-33,35H,1-3,8-9H2,(H,31,36)(H,37,38). The Hall–Kier alpha value is -4.79. The number of hydrogen-bond donors (Lipinski definition) is 5. The highest BCUT2D eigenvalue weighted by molar-refractivity contribution is 6.21. The molecule has 4 aromatic rings. The predicted octanol–water partition coefficient (Wildman–Crippen LogP) is 5.33. The predicted molar refractivity (Wildman–Crippen MR) is 142 cm³/mol. The summed E-state index contributed by atoms with van der Waals surface area (Å²) in [5, 5.41) is 44.2. The molecule has 0 spiro atoms. The van der Waals surface area contributed by atoms with Crippen molar-refractivity contribution >= 4 is 28.6 Å². The molecule has 39 heavy (non-hydrogen) atoms. The summed E-state index contributed by atoms with van der Waals surface area (Å²) in [4.78, 5) is 38.3. The van der Waals surface area contributed by atoms with Gasteiger partial charge in [0.1, 0.15) is 17.1 Å². The number of nitrogens with one attached hydrogen (secondary N) is 1. The Balaban J connectivity index is 1.56. The Morgan fingerprint density at radius 1 is 0.821 bits per heavy atom. The van der Waals surface area contributed by atoms with E-state index in [0.717, 1.165) is 19.3 Å². The van der Waals surface area contributed by atoms with Crippen LogP contribution in [-0.2, 0) is 0 Å². The van der Waals surface area contributed by atoms with Crippen LogP contribution >= 0.6 is 0 Å². The molecule has 0 bridgehead atoms. The van der Waals surface area contributed by atoms with Gasteiger partial charge < -0.3 is 30.2 Å². The molecular formula is C30H27NO8. The van der Waals surface area contributed by atoms with Crippen molar-refractivity contribution in [3.8, 4) is 17.2 Å². The average molecular weight is 530 g/mol. The number of amides is 1. The number of furan rings is 1. The number of phenols is 2. The highest BCUT2D eigenvalue weighted by Gasteiger charge is 2.34. The minimum Gasteiger partial charge on any atom is -0.508 e. The first-order valence-electron chi connectivity index (χ1n) is 12.7. The summed E-state index contributed by atoms with van der Waals surface area (Å²) >= 11 is 0. The number of hydrogen-bond acceptors (Lipinski definition) is 7. The van der Waals surface area contributed by atoms with Crippen LogP contribution in [0.4, 0.5) is 0 Å². The molecule has 0 radical (unpaired) electrons. The maximum absolute atomic E-state index is 13.5. The zero-order valence-corrected chi connectivity index (χ0v) is 20.9. The van der Waals surface area contributed by atoms with Gasteiger partial charge in [-0.2, -0.15) is 0 Å². The average Bonchev–Trinajstić information content (AvgIpc) is 3.09. The van der Waals surface area contributed by atoms with E-state index in [9.17, 15) is 34.8 Å². The van der Waals surface area contributed by atoms with Crippen LogP contribution in [0.2, 0.25) is 0 Å². The molecule has 1 amide bonds. The zero-order chi connectivity index (χ0) is 27.7. The third-order valence-electron chi connectivity index (χ3n) is 7.26. The van der Waals surface area contributed by atoms with Gasteiger partial charge in [-0.15, -0.1) is 0 Å². The number of carboxylic acids is 1. The molecule has 2 atom stereocenters. The molecular weight excluding hydrogens is 502 g/mol. The highest BCUT2D eigenvalue weighted by atomic mass is 16.4. The van der Waals surface area contributed by atoms with Crippen molar-refractivity contribution in [2.75, 3.05) is 0 Å². The zero-order valence-electron chi connectivity index (χ0n) is 20.9. The molecule has 1 aliphatic carbocycles. The Morgan fingerprint density at radius 3 is 2.23 bits per heavy atom. The summed E-state index contributed by atoms with van der Waals surface area (Å²) in [6.07, 6.45) is 3.85. The first-order valence-corrected chi connectivity index (χ1v) is 12.7. The maximum atomic E-state index is 13.5. The molecule has 2 unspecified atom stereocenters. The highest BCUT2D eigenvalue weighted by Crippen LogP contribution is 2.45. The van der Waals surface area contributed by atoms with Gasteiger partial charge in [0.2, 0.25) is 0 Å². The maximum Gasteiger partial charge on any atom is 0.336 e. The summed E-state index contributed by atoms with van der Waals surface area (Å²) in [7, 11) is 0. The molecule has 9 nitrogen and oxygen atoms in total. The number of phenolic OH excluding ortho intramolecular Hbond substituents is 2. The molecule has 3 aromatic carbocycles. The summed E-state index contributed by atoms with van der Waals surface area (Å²) in [6, 6.07) is 13.9. The molecule has 1 aromatic heterocycles. The van der Waals surface area contributed by atoms with Crippen LogP contribution in [0.3, 0.4) is 0 Å². The number of fused-ring (bicyclic) bond motifs is 1. The van der Waals surface area contributed by atoms with Crippen LogP contribution in [0.5, 0.6) is 17.2 Å². The number of benzene rings is 3. The molecule has 0 saturated heterocycles. The van der Waals surface area contributed by atoms with Crippen molar-refractivity contribution in [1.29, 1.82) is 0 Å². The SMILES string of the molecule is O=C(NC1CCCCCC1c1oc2ccc(O)c(C(=O)c3ccccc3C(=O)O)c2c1O)c1ccc(O)cc1. The van der Waals surface area contributed by atoms with Gasteiger partial charge in [-0.1, -0.05) is 37.5 Å². The molecule has 1 saturated carbocycles. The van der Waals surface area contributed by atoms with Gasteiger partial charge in [0, 0.05) is 23.1 Å². The molecule has 1 heterocycles. The van der Waals surface area contributed by atoms with Gasteiger partial charge in [-0.3, -0.25) is 9.59 Å². The van der Waals surface area contributed by atoms with Crippen LogP contribution in [0.15, 0.2) is 65.1 Å². The van der Waals surface area contributed by atoms with Crippen molar-refractivity contribution in [1.82, 2.24) is 5.32 Å². The third kappa shape index (κ3) is 4.90. The Morgan fingerprint density at radius 2 is 1.51 bits per heavy atom. The fourth-order valence-corrected chi connectivity index (χ4v) is 5.32. The van der Waals surface area contributed by atoms with Crippen LogP contribution in [0, 0.1) is 0 Å². The minimum atomic E-state index is -1.30. The fraction of sp³-hybridized carbons (Fsp3) is 0.233. The van der Waals surface area contributed by atoms with Crippen LogP contribution in [-0.4, -0.2) is 44.1 Å². The lowest BCUT2D eigenvalue weighted by Crippen LogP contribution is -2.38. The van der Waals surface area contributed by atoms with E-state index in [-0.39, 0.29) is 56.9 Å². The van der Waals surface area contributed by atoms with Crippen LogP contribution in [0.1, 0.15) is 80.4 Å². The number of rotatable bonds is 6. The smallest absolute Gasteiger partial charge is 0.336 e. The van der Waals surface area contributed by atoms with E-state index in [0.29, 0.717) is 18.4 Å². The van der Waals surface area contributed by atoms with E-state index in [2.05, 4.69) is 5.32 Å². The molecule has 1 aliphatic rings. The van der Waals surface area contributed by atoms with Crippen molar-refractivity contribution < 1.29 is 39.2 Å². The van der Waals surface area contributed by atoms with Gasteiger partial charge in [-0.25, -0.2) is 4.79 Å². The topological polar surface area (TPSA) is 157 Å². The first-order chi connectivity index (χ1) is 18.8. The fourth-order valence-electron chi connectivity index (χ4n) is 5.32. The second kappa shape index (κ2) is 10.5. The van der Waals surface area contributed by atoms with E-state index in [4.69, 9.17) is 4.42 Å². The van der Waals surface area contributed by atoms with Crippen LogP contribution in [0.25, 0.3) is 11.0 Å². The summed E-state index contributed by atoms with van der Waals surface area (Å²) < 4.78 is 6.07. The molecule has 0 aliphatic heterocycles. The number of carbonyl (C=O) groups is 3. The number of aromatic hydroxyl groups is 3. The largest absolute Gasteiger partial charge is 0.508 e. The van der Waals surface area contributed by atoms with Crippen molar-refractivity contribution in [3.05, 3.63) is 88.7 Å². The Bertz CT molecular complexity index is 1570. The van der Waals surface area contributed by atoms with E-state index in [1.807, 2.05) is 0 Å². The Labute approximate surface area is 223 Å². The number of carboxylic acid groups (broad SMARTS) is 1. The van der Waals surface area contributed by atoms with Gasteiger partial charge in [0.15, 0.2) is 17.3 Å². The first kappa shape index (κ1) is 25.8. The van der Waals surface area contributed by atoms with Crippen LogP contribution < -0.4 is 5.32 Å². The second-order valence-electron chi connectivity index (χ2n) is 9.70. The molecule has 5 N–H and O–H groups in total. The number of carbonyl (C=O) groups excluding carboxylic acids is 2. The Kier molecular flexibility index (Phi) is 6.98. The third-order valence-corrected chi connectivity index (χ3v) is 7.26. The van der Waals surface area contributed by atoms with E-state index < -0.39 is 23.4 Å². The van der Waals surface area contributed by atoms with E-state index in [1.54, 1.807) is 0 Å². The summed E-state index contributed by atoms with van der Waals surface area (Å²) in [5.74, 6) is -3.33. The molecule has 9 heteroatoms. The van der Waals surface area contributed by atoms with Crippen molar-refractivity contribution in [2.45, 2.75) is 44.1 Å². The minimum absolute atomic E-state index is 0.0111. The lowest BCUT2D eigenvalue weighted by atomic mass is 9.90. The van der Waals surface area contributed by atoms with Gasteiger partial charge in [-0.05, 0) is 55.3 Å². The lowest BCUT2D eigenvalue weighted by Gasteiger charge is -2.25. The monoisotopic (exact) mass is 529 g/mol.